The minimum atomic E-state index is -0.702. The Hall–Kier alpha value is -4.31. The number of cyclic esters (lactones) is 1. The van der Waals surface area contributed by atoms with Gasteiger partial charge in [-0.3, -0.25) is 9.69 Å². The summed E-state index contributed by atoms with van der Waals surface area (Å²) in [4.78, 5) is 40.7. The number of anilines is 1. The van der Waals surface area contributed by atoms with Crippen molar-refractivity contribution >= 4 is 36.3 Å². The van der Waals surface area contributed by atoms with Gasteiger partial charge in [-0.1, -0.05) is 57.2 Å². The number of benzene rings is 3. The Bertz CT molecular complexity index is 1690. The van der Waals surface area contributed by atoms with Crippen LogP contribution < -0.4 is 10.6 Å². The third-order valence-corrected chi connectivity index (χ3v) is 8.81. The first-order chi connectivity index (χ1) is 22.5. The molecule has 8 nitrogen and oxygen atoms in total. The van der Waals surface area contributed by atoms with Crippen LogP contribution in [0.15, 0.2) is 83.9 Å². The van der Waals surface area contributed by atoms with Gasteiger partial charge in [0, 0.05) is 17.3 Å². The third kappa shape index (κ3) is 8.58. The highest BCUT2D eigenvalue weighted by Crippen LogP contribution is 2.53. The molecule has 5 rings (SSSR count). The second-order valence-electron chi connectivity index (χ2n) is 14.6. The third-order valence-electron chi connectivity index (χ3n) is 8.57. The van der Waals surface area contributed by atoms with Gasteiger partial charge in [-0.2, -0.15) is 0 Å². The fraction of sp³-hybridized carbons (Fsp3) is 0.395. The predicted octanol–water partition coefficient (Wildman–Crippen LogP) is 8.14. The van der Waals surface area contributed by atoms with Crippen molar-refractivity contribution < 1.29 is 28.2 Å². The number of ether oxygens (including phenoxy) is 2. The normalized spacial score (nSPS) is 18.2. The number of hydrogen-bond acceptors (Lipinski definition) is 7. The molecular weight excluding hydrogens is 629 g/mol. The molecule has 1 saturated carbocycles. The van der Waals surface area contributed by atoms with Crippen LogP contribution in [0.5, 0.6) is 0 Å². The summed E-state index contributed by atoms with van der Waals surface area (Å²) in [7, 11) is 0. The highest BCUT2D eigenvalue weighted by molar-refractivity contribution is 7.84. The Balaban J connectivity index is 1.30. The van der Waals surface area contributed by atoms with E-state index in [2.05, 4.69) is 68.3 Å². The van der Waals surface area contributed by atoms with Gasteiger partial charge in [-0.25, -0.2) is 14.0 Å². The Morgan fingerprint density at radius 1 is 1.04 bits per heavy atom. The largest absolute Gasteiger partial charge is 0.444 e. The lowest BCUT2D eigenvalue weighted by Gasteiger charge is -2.29. The lowest BCUT2D eigenvalue weighted by atomic mass is 9.85. The van der Waals surface area contributed by atoms with E-state index in [9.17, 15) is 18.8 Å². The molecule has 48 heavy (non-hydrogen) atoms. The van der Waals surface area contributed by atoms with Gasteiger partial charge in [0.2, 0.25) is 0 Å². The number of carbonyl (C=O) groups is 3. The van der Waals surface area contributed by atoms with Crippen LogP contribution in [0.25, 0.3) is 0 Å². The van der Waals surface area contributed by atoms with E-state index in [0.29, 0.717) is 29.2 Å². The summed E-state index contributed by atoms with van der Waals surface area (Å²) < 4.78 is 24.8. The second-order valence-corrected chi connectivity index (χ2v) is 15.1. The first kappa shape index (κ1) is 35.0. The standard InChI is InChI=1S/C38H44FN3O5S/c1-36(2,3)26-8-7-9-27(21-26)38(18-19-38)42-23-32(46-35(42)45)30(41-34(44)47-37(4,5)6)20-24-10-16-29(17-11-24)40-33(48)22-31(43)25-12-14-28(39)15-13-25/h7-17,21-22,30,32,40,48H,18-20,23H2,1-6H3,(H,41,44)/t30-,32?/m0/s1. The summed E-state index contributed by atoms with van der Waals surface area (Å²) in [6, 6.07) is 20.6. The lowest BCUT2D eigenvalue weighted by molar-refractivity contribution is 0.0436. The number of rotatable bonds is 10. The molecule has 254 valence electrons. The zero-order valence-electron chi connectivity index (χ0n) is 28.3. The van der Waals surface area contributed by atoms with Crippen LogP contribution in [-0.2, 0) is 26.8 Å². The van der Waals surface area contributed by atoms with Crippen LogP contribution in [-0.4, -0.2) is 47.2 Å². The molecule has 2 fully saturated rings. The highest BCUT2D eigenvalue weighted by Gasteiger charge is 2.56. The predicted molar refractivity (Wildman–Crippen MR) is 188 cm³/mol. The van der Waals surface area contributed by atoms with Crippen molar-refractivity contribution in [2.75, 3.05) is 11.9 Å². The van der Waals surface area contributed by atoms with E-state index >= 15 is 0 Å². The van der Waals surface area contributed by atoms with E-state index in [1.54, 1.807) is 20.8 Å². The molecule has 1 unspecified atom stereocenters. The number of alkyl carbamates (subject to hydrolysis) is 1. The second kappa shape index (κ2) is 13.7. The Kier molecular flexibility index (Phi) is 9.97. The van der Waals surface area contributed by atoms with Gasteiger partial charge in [0.05, 0.1) is 23.2 Å². The smallest absolute Gasteiger partial charge is 0.411 e. The summed E-state index contributed by atoms with van der Waals surface area (Å²) in [6.45, 7) is 12.2. The number of ketones is 1. The molecule has 1 heterocycles. The first-order valence-corrected chi connectivity index (χ1v) is 16.6. The highest BCUT2D eigenvalue weighted by atomic mass is 32.1. The number of nitrogens with one attached hydrogen (secondary N) is 2. The molecule has 0 radical (unpaired) electrons. The summed E-state index contributed by atoms with van der Waals surface area (Å²) >= 11 is 4.39. The number of amides is 2. The van der Waals surface area contributed by atoms with Crippen molar-refractivity contribution in [1.82, 2.24) is 10.2 Å². The maximum atomic E-state index is 13.4. The minimum absolute atomic E-state index is 0.0280. The van der Waals surface area contributed by atoms with Crippen LogP contribution in [0.1, 0.15) is 81.4 Å². The summed E-state index contributed by atoms with van der Waals surface area (Å²) in [5.41, 5.74) is 3.08. The molecule has 1 saturated heterocycles. The van der Waals surface area contributed by atoms with Crippen LogP contribution >= 0.6 is 12.6 Å². The Labute approximate surface area is 287 Å². The average molecular weight is 674 g/mol. The van der Waals surface area contributed by atoms with E-state index in [4.69, 9.17) is 9.47 Å². The molecule has 1 aliphatic heterocycles. The minimum Gasteiger partial charge on any atom is -0.444 e. The van der Waals surface area contributed by atoms with Crippen LogP contribution in [0.4, 0.5) is 19.7 Å². The fourth-order valence-electron chi connectivity index (χ4n) is 5.87. The number of halogens is 1. The van der Waals surface area contributed by atoms with Crippen molar-refractivity contribution in [3.05, 3.63) is 112 Å². The number of nitrogens with zero attached hydrogens (tertiary/aromatic N) is 1. The van der Waals surface area contributed by atoms with Crippen LogP contribution in [0.2, 0.25) is 0 Å². The van der Waals surface area contributed by atoms with Crippen molar-refractivity contribution in [1.29, 1.82) is 0 Å². The maximum absolute atomic E-state index is 13.4. The molecule has 3 aromatic carbocycles. The Morgan fingerprint density at radius 3 is 2.31 bits per heavy atom. The zero-order chi connectivity index (χ0) is 34.9. The van der Waals surface area contributed by atoms with E-state index in [1.165, 1.54) is 35.9 Å². The fourth-order valence-corrected chi connectivity index (χ4v) is 6.12. The molecular formula is C38H44FN3O5S. The van der Waals surface area contributed by atoms with E-state index in [0.717, 1.165) is 24.0 Å². The molecule has 2 N–H and O–H groups in total. The molecule has 0 spiro atoms. The van der Waals surface area contributed by atoms with Crippen LogP contribution in [0, 0.1) is 5.82 Å². The van der Waals surface area contributed by atoms with Crippen molar-refractivity contribution in [3.8, 4) is 0 Å². The van der Waals surface area contributed by atoms with Crippen molar-refractivity contribution in [2.24, 2.45) is 0 Å². The molecule has 3 aromatic rings. The SMILES string of the molecule is CC(C)(C)OC(=O)N[C@@H](Cc1ccc(NC(S)=CC(=O)c2ccc(F)cc2)cc1)C1CN(C2(c3cccc(C(C)(C)C)c3)CC2)C(=O)O1. The summed E-state index contributed by atoms with van der Waals surface area (Å²) in [5, 5.41) is 6.37. The molecule has 2 amide bonds. The van der Waals surface area contributed by atoms with E-state index in [1.807, 2.05) is 29.2 Å². The number of hydrogen-bond donors (Lipinski definition) is 3. The van der Waals surface area contributed by atoms with Gasteiger partial charge in [0.25, 0.3) is 0 Å². The van der Waals surface area contributed by atoms with E-state index < -0.39 is 41.3 Å². The topological polar surface area (TPSA) is 97.0 Å². The zero-order valence-corrected chi connectivity index (χ0v) is 29.2. The van der Waals surface area contributed by atoms with Gasteiger partial charge in [-0.05, 0) is 98.5 Å². The Morgan fingerprint density at radius 2 is 1.71 bits per heavy atom. The van der Waals surface area contributed by atoms with Crippen molar-refractivity contribution in [2.45, 2.75) is 89.5 Å². The van der Waals surface area contributed by atoms with Gasteiger partial charge in [-0.15, -0.1) is 12.6 Å². The lowest BCUT2D eigenvalue weighted by Crippen LogP contribution is -2.48. The quantitative estimate of drug-likeness (QED) is 0.114. The molecule has 0 bridgehead atoms. The van der Waals surface area contributed by atoms with E-state index in [-0.39, 0.29) is 11.2 Å². The number of allylic oxidation sites excluding steroid dienone is 1. The maximum Gasteiger partial charge on any atom is 0.411 e. The first-order valence-electron chi connectivity index (χ1n) is 16.2. The van der Waals surface area contributed by atoms with Gasteiger partial charge < -0.3 is 20.1 Å². The number of thiol groups is 1. The van der Waals surface area contributed by atoms with Crippen molar-refractivity contribution in [3.63, 3.8) is 0 Å². The van der Waals surface area contributed by atoms with Gasteiger partial charge >= 0.3 is 12.2 Å². The molecule has 0 aromatic heterocycles. The summed E-state index contributed by atoms with van der Waals surface area (Å²) in [6.07, 6.45) is 1.82. The average Bonchev–Trinajstić information content (AvgIpc) is 3.71. The molecule has 2 atom stereocenters. The molecule has 10 heteroatoms. The monoisotopic (exact) mass is 673 g/mol. The molecule has 1 aliphatic carbocycles. The van der Waals surface area contributed by atoms with Crippen LogP contribution in [0.3, 0.4) is 0 Å². The molecule has 2 aliphatic rings. The van der Waals surface area contributed by atoms with Gasteiger partial charge in [0.15, 0.2) is 5.78 Å². The summed E-state index contributed by atoms with van der Waals surface area (Å²) in [5.74, 6) is -0.726. The number of carbonyl (C=O) groups excluding carboxylic acids is 3. The van der Waals surface area contributed by atoms with Gasteiger partial charge in [0.1, 0.15) is 17.5 Å².